The number of aryl methyl sites for hydroxylation is 1. The summed E-state index contributed by atoms with van der Waals surface area (Å²) in [4.78, 5) is 16.8. The van der Waals surface area contributed by atoms with E-state index in [1.807, 2.05) is 17.7 Å². The second-order valence-corrected chi connectivity index (χ2v) is 9.59. The lowest BCUT2D eigenvalue weighted by Gasteiger charge is -2.33. The van der Waals surface area contributed by atoms with Crippen LogP contribution in [0.1, 0.15) is 34.8 Å². The molecule has 0 aliphatic carbocycles. The highest BCUT2D eigenvalue weighted by molar-refractivity contribution is 7.20. The minimum absolute atomic E-state index is 0.0153. The molecule has 1 fully saturated rings. The number of fused-ring (bicyclic) bond motifs is 1. The van der Waals surface area contributed by atoms with Crippen molar-refractivity contribution in [2.75, 3.05) is 32.8 Å². The summed E-state index contributed by atoms with van der Waals surface area (Å²) < 4.78 is 20.9. The van der Waals surface area contributed by atoms with Crippen molar-refractivity contribution in [2.24, 2.45) is 5.92 Å². The monoisotopic (exact) mass is 444 g/mol. The fraction of sp³-hybridized carbons (Fsp3) is 0.478. The van der Waals surface area contributed by atoms with E-state index in [2.05, 4.69) is 29.2 Å². The van der Waals surface area contributed by atoms with Crippen LogP contribution in [0.5, 0.6) is 0 Å². The van der Waals surface area contributed by atoms with E-state index in [0.717, 1.165) is 41.1 Å². The molecule has 0 saturated carbocycles. The molecule has 1 aromatic carbocycles. The number of thiophene rings is 1. The predicted molar refractivity (Wildman–Crippen MR) is 121 cm³/mol. The Balaban J connectivity index is 1.41. The first kappa shape index (κ1) is 21.9. The molecule has 1 aliphatic heterocycles. The molecule has 0 bridgehead atoms. The number of aromatic nitrogens is 2. The Morgan fingerprint density at radius 3 is 2.87 bits per heavy atom. The van der Waals surface area contributed by atoms with Crippen molar-refractivity contribution in [3.63, 3.8) is 0 Å². The second kappa shape index (κ2) is 9.46. The van der Waals surface area contributed by atoms with E-state index in [0.29, 0.717) is 30.5 Å². The van der Waals surface area contributed by atoms with Crippen molar-refractivity contribution in [2.45, 2.75) is 33.4 Å². The van der Waals surface area contributed by atoms with E-state index in [9.17, 15) is 9.18 Å². The van der Waals surface area contributed by atoms with Crippen LogP contribution in [0.3, 0.4) is 0 Å². The number of amides is 1. The van der Waals surface area contributed by atoms with E-state index in [-0.39, 0.29) is 17.8 Å². The molecule has 3 heterocycles. The topological polar surface area (TPSA) is 59.4 Å². The third-order valence-corrected chi connectivity index (χ3v) is 6.56. The van der Waals surface area contributed by atoms with Gasteiger partial charge in [-0.2, -0.15) is 5.10 Å². The third-order valence-electron chi connectivity index (χ3n) is 5.41. The van der Waals surface area contributed by atoms with Crippen molar-refractivity contribution >= 4 is 27.5 Å². The van der Waals surface area contributed by atoms with Crippen LogP contribution in [0.25, 0.3) is 10.2 Å². The maximum Gasteiger partial charge on any atom is 0.261 e. The Hall–Kier alpha value is -2.29. The van der Waals surface area contributed by atoms with Gasteiger partial charge in [-0.3, -0.25) is 14.4 Å². The quantitative estimate of drug-likeness (QED) is 0.604. The van der Waals surface area contributed by atoms with Crippen LogP contribution in [0.2, 0.25) is 0 Å². The SMILES string of the molecule is Cc1nn(Cc2ccc(F)cc2)c2sc(C(=O)NCC3CN(CC(C)C)CCO3)cc12. The Labute approximate surface area is 186 Å². The molecule has 0 radical (unpaired) electrons. The molecule has 1 atom stereocenters. The Bertz CT molecular complexity index is 1040. The molecule has 1 N–H and O–H groups in total. The van der Waals surface area contributed by atoms with Crippen LogP contribution in [-0.4, -0.2) is 59.5 Å². The number of halogens is 1. The van der Waals surface area contributed by atoms with Gasteiger partial charge in [-0.05, 0) is 36.6 Å². The molecule has 1 aliphatic rings. The molecule has 1 unspecified atom stereocenters. The van der Waals surface area contributed by atoms with Crippen LogP contribution in [-0.2, 0) is 11.3 Å². The van der Waals surface area contributed by atoms with E-state index in [4.69, 9.17) is 4.74 Å². The molecule has 2 aromatic heterocycles. The van der Waals surface area contributed by atoms with Crippen molar-refractivity contribution in [3.8, 4) is 0 Å². The van der Waals surface area contributed by atoms with E-state index >= 15 is 0 Å². The Morgan fingerprint density at radius 1 is 1.35 bits per heavy atom. The van der Waals surface area contributed by atoms with Crippen LogP contribution >= 0.6 is 11.3 Å². The van der Waals surface area contributed by atoms with E-state index in [1.165, 1.54) is 23.5 Å². The summed E-state index contributed by atoms with van der Waals surface area (Å²) >= 11 is 1.43. The lowest BCUT2D eigenvalue weighted by molar-refractivity contribution is -0.0295. The zero-order chi connectivity index (χ0) is 22.0. The molecule has 6 nitrogen and oxygen atoms in total. The fourth-order valence-corrected chi connectivity index (χ4v) is 5.05. The van der Waals surface area contributed by atoms with Crippen molar-refractivity contribution < 1.29 is 13.9 Å². The van der Waals surface area contributed by atoms with Gasteiger partial charge in [0.15, 0.2) is 0 Å². The minimum Gasteiger partial charge on any atom is -0.374 e. The number of rotatable bonds is 7. The van der Waals surface area contributed by atoms with Crippen molar-refractivity contribution in [3.05, 3.63) is 52.3 Å². The summed E-state index contributed by atoms with van der Waals surface area (Å²) in [6.07, 6.45) is 0.0153. The number of carbonyl (C=O) groups excluding carboxylic acids is 1. The lowest BCUT2D eigenvalue weighted by Crippen LogP contribution is -2.48. The average molecular weight is 445 g/mol. The molecule has 3 aromatic rings. The maximum absolute atomic E-state index is 13.2. The number of nitrogens with one attached hydrogen (secondary N) is 1. The first-order chi connectivity index (χ1) is 14.9. The van der Waals surface area contributed by atoms with Crippen molar-refractivity contribution in [1.82, 2.24) is 20.0 Å². The molecular weight excluding hydrogens is 415 g/mol. The maximum atomic E-state index is 13.2. The summed E-state index contributed by atoms with van der Waals surface area (Å²) in [5.74, 6) is 0.276. The number of benzene rings is 1. The zero-order valence-corrected chi connectivity index (χ0v) is 19.0. The van der Waals surface area contributed by atoms with Gasteiger partial charge in [-0.1, -0.05) is 26.0 Å². The van der Waals surface area contributed by atoms with E-state index in [1.54, 1.807) is 12.1 Å². The third kappa shape index (κ3) is 5.31. The zero-order valence-electron chi connectivity index (χ0n) is 18.2. The second-order valence-electron chi connectivity index (χ2n) is 8.56. The summed E-state index contributed by atoms with van der Waals surface area (Å²) in [5.41, 5.74) is 1.85. The van der Waals surface area contributed by atoms with Gasteiger partial charge in [-0.25, -0.2) is 4.39 Å². The summed E-state index contributed by atoms with van der Waals surface area (Å²) in [5, 5.41) is 8.61. The molecule has 166 valence electrons. The van der Waals surface area contributed by atoms with Gasteiger partial charge in [-0.15, -0.1) is 11.3 Å². The molecular formula is C23H29FN4O2S. The normalized spacial score (nSPS) is 17.5. The minimum atomic E-state index is -0.255. The van der Waals surface area contributed by atoms with Gasteiger partial charge >= 0.3 is 0 Å². The molecule has 4 rings (SSSR count). The number of ether oxygens (including phenoxy) is 1. The summed E-state index contributed by atoms with van der Waals surface area (Å²) in [6.45, 7) is 11.0. The molecule has 1 saturated heterocycles. The van der Waals surface area contributed by atoms with E-state index < -0.39 is 0 Å². The summed E-state index contributed by atoms with van der Waals surface area (Å²) in [6, 6.07) is 8.32. The highest BCUT2D eigenvalue weighted by atomic mass is 32.1. The molecule has 0 spiro atoms. The Morgan fingerprint density at radius 2 is 2.13 bits per heavy atom. The van der Waals surface area contributed by atoms with Crippen LogP contribution in [0, 0.1) is 18.7 Å². The van der Waals surface area contributed by atoms with Gasteiger partial charge < -0.3 is 10.1 Å². The first-order valence-corrected chi connectivity index (χ1v) is 11.5. The number of nitrogens with zero attached hydrogens (tertiary/aromatic N) is 3. The van der Waals surface area contributed by atoms with Gasteiger partial charge in [0.1, 0.15) is 10.6 Å². The van der Waals surface area contributed by atoms with Gasteiger partial charge in [0.25, 0.3) is 5.91 Å². The van der Waals surface area contributed by atoms with Crippen LogP contribution in [0.4, 0.5) is 4.39 Å². The van der Waals surface area contributed by atoms with Gasteiger partial charge in [0.2, 0.25) is 0 Å². The largest absolute Gasteiger partial charge is 0.374 e. The molecule has 31 heavy (non-hydrogen) atoms. The highest BCUT2D eigenvalue weighted by Crippen LogP contribution is 2.29. The predicted octanol–water partition coefficient (Wildman–Crippen LogP) is 3.68. The summed E-state index contributed by atoms with van der Waals surface area (Å²) in [7, 11) is 0. The fourth-order valence-electron chi connectivity index (χ4n) is 3.97. The number of morpholine rings is 1. The smallest absolute Gasteiger partial charge is 0.261 e. The van der Waals surface area contributed by atoms with Gasteiger partial charge in [0.05, 0.1) is 29.8 Å². The number of carbonyl (C=O) groups is 1. The number of hydrogen-bond donors (Lipinski definition) is 1. The van der Waals surface area contributed by atoms with Gasteiger partial charge in [0, 0.05) is 31.6 Å². The van der Waals surface area contributed by atoms with Crippen molar-refractivity contribution in [1.29, 1.82) is 0 Å². The number of hydrogen-bond acceptors (Lipinski definition) is 5. The lowest BCUT2D eigenvalue weighted by atomic mass is 10.2. The molecule has 8 heteroatoms. The van der Waals surface area contributed by atoms with Crippen LogP contribution in [0.15, 0.2) is 30.3 Å². The standard InChI is InChI=1S/C23H29FN4O2S/c1-15(2)12-27-8-9-30-19(14-27)11-25-22(29)21-10-20-16(3)26-28(23(20)31-21)13-17-4-6-18(24)7-5-17/h4-7,10,15,19H,8-9,11-14H2,1-3H3,(H,25,29). The molecule has 1 amide bonds. The highest BCUT2D eigenvalue weighted by Gasteiger charge is 2.22. The first-order valence-electron chi connectivity index (χ1n) is 10.7. The van der Waals surface area contributed by atoms with Crippen LogP contribution < -0.4 is 5.32 Å². The Kier molecular flexibility index (Phi) is 6.69. The average Bonchev–Trinajstić information content (AvgIpc) is 3.29.